The number of nitrogens with one attached hydrogen (secondary N) is 1. The van der Waals surface area contributed by atoms with Crippen molar-refractivity contribution in [2.45, 2.75) is 13.0 Å². The Morgan fingerprint density at radius 1 is 1.56 bits per heavy atom. The number of nitrogen functional groups attached to an aromatic ring is 1. The number of nitrogens with zero attached hydrogens (tertiary/aromatic N) is 1. The fraction of sp³-hybridized carbons (Fsp3) is 0.200. The van der Waals surface area contributed by atoms with Crippen molar-refractivity contribution in [3.63, 3.8) is 0 Å². The van der Waals surface area contributed by atoms with Crippen molar-refractivity contribution in [2.24, 2.45) is 5.73 Å². The Morgan fingerprint density at radius 3 is 2.94 bits per heavy atom. The lowest BCUT2D eigenvalue weighted by molar-refractivity contribution is -0.118. The Labute approximate surface area is 91.6 Å². The maximum atomic E-state index is 10.9. The van der Waals surface area contributed by atoms with E-state index in [1.165, 1.54) is 0 Å². The van der Waals surface area contributed by atoms with Crippen LogP contribution in [0.4, 0.5) is 11.7 Å². The molecule has 0 bridgehead atoms. The highest BCUT2D eigenvalue weighted by molar-refractivity contribution is 5.87. The highest BCUT2D eigenvalue weighted by Crippen LogP contribution is 2.23. The Bertz CT molecular complexity index is 535. The molecular weight excluding hydrogens is 208 g/mol. The summed E-state index contributed by atoms with van der Waals surface area (Å²) >= 11 is 0. The van der Waals surface area contributed by atoms with Crippen molar-refractivity contribution in [3.8, 4) is 0 Å². The molecule has 6 heteroatoms. The van der Waals surface area contributed by atoms with Crippen LogP contribution < -0.4 is 16.8 Å². The molecule has 1 amide bonds. The van der Waals surface area contributed by atoms with E-state index < -0.39 is 11.9 Å². The van der Waals surface area contributed by atoms with Gasteiger partial charge in [0.1, 0.15) is 11.6 Å². The molecule has 5 N–H and O–H groups in total. The summed E-state index contributed by atoms with van der Waals surface area (Å²) in [5.41, 5.74) is 12.5. The zero-order valence-corrected chi connectivity index (χ0v) is 8.73. The number of oxazole rings is 1. The number of amides is 1. The number of benzene rings is 1. The molecule has 0 aliphatic heterocycles. The van der Waals surface area contributed by atoms with Crippen LogP contribution in [0.15, 0.2) is 22.6 Å². The first kappa shape index (κ1) is 10.3. The van der Waals surface area contributed by atoms with E-state index in [4.69, 9.17) is 15.9 Å². The Hall–Kier alpha value is -2.24. The molecule has 0 aliphatic carbocycles. The molecular formula is C10H12N4O2. The number of hydrogen-bond donors (Lipinski definition) is 3. The molecule has 1 heterocycles. The Balaban J connectivity index is 2.33. The van der Waals surface area contributed by atoms with Gasteiger partial charge in [-0.15, -0.1) is 0 Å². The van der Waals surface area contributed by atoms with Crippen LogP contribution in [-0.2, 0) is 4.79 Å². The Kier molecular flexibility index (Phi) is 2.40. The molecule has 0 radical (unpaired) electrons. The average Bonchev–Trinajstić information content (AvgIpc) is 2.61. The van der Waals surface area contributed by atoms with Gasteiger partial charge >= 0.3 is 0 Å². The number of nitrogens with two attached hydrogens (primary N) is 2. The van der Waals surface area contributed by atoms with Crippen molar-refractivity contribution in [2.75, 3.05) is 11.1 Å². The summed E-state index contributed by atoms with van der Waals surface area (Å²) in [7, 11) is 0. The van der Waals surface area contributed by atoms with E-state index in [2.05, 4.69) is 10.3 Å². The third kappa shape index (κ3) is 1.77. The van der Waals surface area contributed by atoms with Gasteiger partial charge in [0.05, 0.1) is 5.69 Å². The normalized spacial score (nSPS) is 12.6. The first-order valence-electron chi connectivity index (χ1n) is 4.79. The molecule has 0 aliphatic rings. The van der Waals surface area contributed by atoms with Crippen molar-refractivity contribution in [1.29, 1.82) is 0 Å². The van der Waals surface area contributed by atoms with E-state index in [0.29, 0.717) is 16.8 Å². The van der Waals surface area contributed by atoms with Gasteiger partial charge in [-0.05, 0) is 19.1 Å². The summed E-state index contributed by atoms with van der Waals surface area (Å²) in [5, 5.41) is 2.75. The van der Waals surface area contributed by atoms with Crippen molar-refractivity contribution in [1.82, 2.24) is 4.98 Å². The van der Waals surface area contributed by atoms with Crippen LogP contribution >= 0.6 is 0 Å². The number of aromatic nitrogens is 1. The monoisotopic (exact) mass is 220 g/mol. The molecule has 1 aromatic heterocycles. The largest absolute Gasteiger partial charge is 0.423 e. The summed E-state index contributed by atoms with van der Waals surface area (Å²) in [4.78, 5) is 15.0. The first-order valence-corrected chi connectivity index (χ1v) is 4.79. The number of carbonyl (C=O) groups is 1. The highest BCUT2D eigenvalue weighted by Gasteiger charge is 2.13. The molecule has 16 heavy (non-hydrogen) atoms. The van der Waals surface area contributed by atoms with E-state index in [1.54, 1.807) is 25.1 Å². The molecule has 1 aromatic carbocycles. The Morgan fingerprint density at radius 2 is 2.31 bits per heavy atom. The van der Waals surface area contributed by atoms with Crippen LogP contribution in [-0.4, -0.2) is 16.9 Å². The summed E-state index contributed by atoms with van der Waals surface area (Å²) in [5.74, 6) is -0.477. The summed E-state index contributed by atoms with van der Waals surface area (Å²) in [6.45, 7) is 1.63. The molecule has 1 atom stereocenters. The highest BCUT2D eigenvalue weighted by atomic mass is 16.4. The molecule has 84 valence electrons. The van der Waals surface area contributed by atoms with Crippen LogP contribution in [0.3, 0.4) is 0 Å². The molecule has 0 saturated heterocycles. The number of anilines is 2. The SMILES string of the molecule is CC(Nc1nc2c(N)cccc2o1)C(N)=O. The lowest BCUT2D eigenvalue weighted by Crippen LogP contribution is -2.32. The lowest BCUT2D eigenvalue weighted by Gasteiger charge is -2.05. The standard InChI is InChI=1S/C10H12N4O2/c1-5(9(12)15)13-10-14-8-6(11)3-2-4-7(8)16-10/h2-5H,11H2,1H3,(H2,12,15)(H,13,14). The fourth-order valence-electron chi connectivity index (χ4n) is 1.29. The maximum Gasteiger partial charge on any atom is 0.296 e. The van der Waals surface area contributed by atoms with Crippen LogP contribution in [0, 0.1) is 0 Å². The average molecular weight is 220 g/mol. The minimum absolute atomic E-state index is 0.235. The van der Waals surface area contributed by atoms with E-state index >= 15 is 0 Å². The number of hydrogen-bond acceptors (Lipinski definition) is 5. The minimum atomic E-state index is -0.547. The van der Waals surface area contributed by atoms with Crippen LogP contribution in [0.2, 0.25) is 0 Å². The van der Waals surface area contributed by atoms with Gasteiger partial charge in [-0.1, -0.05) is 6.07 Å². The molecule has 0 saturated carbocycles. The molecule has 2 rings (SSSR count). The predicted octanol–water partition coefficient (Wildman–Crippen LogP) is 0.696. The van der Waals surface area contributed by atoms with Crippen molar-refractivity contribution >= 4 is 28.7 Å². The topological polar surface area (TPSA) is 107 Å². The van der Waals surface area contributed by atoms with E-state index in [9.17, 15) is 4.79 Å². The van der Waals surface area contributed by atoms with Crippen molar-refractivity contribution in [3.05, 3.63) is 18.2 Å². The van der Waals surface area contributed by atoms with Crippen LogP contribution in [0.1, 0.15) is 6.92 Å². The molecule has 2 aromatic rings. The predicted molar refractivity (Wildman–Crippen MR) is 60.7 cm³/mol. The smallest absolute Gasteiger partial charge is 0.296 e. The van der Waals surface area contributed by atoms with Gasteiger partial charge < -0.3 is 21.2 Å². The number of rotatable bonds is 3. The second kappa shape index (κ2) is 3.73. The lowest BCUT2D eigenvalue weighted by atomic mass is 10.3. The molecule has 0 fully saturated rings. The third-order valence-electron chi connectivity index (χ3n) is 2.22. The number of carbonyl (C=O) groups excluding carboxylic acids is 1. The van der Waals surface area contributed by atoms with Gasteiger partial charge in [0.2, 0.25) is 5.91 Å². The summed E-state index contributed by atoms with van der Waals surface area (Å²) in [6.07, 6.45) is 0. The van der Waals surface area contributed by atoms with Gasteiger partial charge in [-0.25, -0.2) is 0 Å². The summed E-state index contributed by atoms with van der Waals surface area (Å²) in [6, 6.07) is 4.93. The second-order valence-corrected chi connectivity index (χ2v) is 3.48. The van der Waals surface area contributed by atoms with E-state index in [-0.39, 0.29) is 6.01 Å². The minimum Gasteiger partial charge on any atom is -0.423 e. The zero-order chi connectivity index (χ0) is 11.7. The quantitative estimate of drug-likeness (QED) is 0.660. The second-order valence-electron chi connectivity index (χ2n) is 3.48. The third-order valence-corrected chi connectivity index (χ3v) is 2.22. The summed E-state index contributed by atoms with van der Waals surface area (Å²) < 4.78 is 5.36. The number of fused-ring (bicyclic) bond motifs is 1. The fourth-order valence-corrected chi connectivity index (χ4v) is 1.29. The number of primary amides is 1. The zero-order valence-electron chi connectivity index (χ0n) is 8.73. The van der Waals surface area contributed by atoms with Gasteiger partial charge in [0.25, 0.3) is 6.01 Å². The van der Waals surface area contributed by atoms with Gasteiger partial charge in [-0.3, -0.25) is 4.79 Å². The number of para-hydroxylation sites is 1. The van der Waals surface area contributed by atoms with Gasteiger partial charge in [0, 0.05) is 0 Å². The van der Waals surface area contributed by atoms with Gasteiger partial charge in [0.15, 0.2) is 5.58 Å². The maximum absolute atomic E-state index is 10.9. The molecule has 1 unspecified atom stereocenters. The first-order chi connectivity index (χ1) is 7.58. The van der Waals surface area contributed by atoms with Crippen LogP contribution in [0.5, 0.6) is 0 Å². The molecule has 6 nitrogen and oxygen atoms in total. The van der Waals surface area contributed by atoms with E-state index in [0.717, 1.165) is 0 Å². The van der Waals surface area contributed by atoms with Gasteiger partial charge in [-0.2, -0.15) is 4.98 Å². The molecule has 0 spiro atoms. The van der Waals surface area contributed by atoms with E-state index in [1.807, 2.05) is 0 Å². The van der Waals surface area contributed by atoms with Crippen LogP contribution in [0.25, 0.3) is 11.1 Å². The van der Waals surface area contributed by atoms with Crippen molar-refractivity contribution < 1.29 is 9.21 Å².